The van der Waals surface area contributed by atoms with Crippen molar-refractivity contribution in [3.63, 3.8) is 0 Å². The molecule has 5 heteroatoms. The van der Waals surface area contributed by atoms with Gasteiger partial charge in [0.1, 0.15) is 0 Å². The Bertz CT molecular complexity index is 780. The monoisotopic (exact) mass is 371 g/mol. The van der Waals surface area contributed by atoms with E-state index >= 15 is 0 Å². The molecule has 3 atom stereocenters. The Morgan fingerprint density at radius 2 is 1.54 bits per heavy atom. The summed E-state index contributed by atoms with van der Waals surface area (Å²) in [4.78, 5) is 28.1. The zero-order valence-corrected chi connectivity index (χ0v) is 16.0. The molecule has 1 aliphatic heterocycles. The number of fused-ring (bicyclic) bond motifs is 1. The Balaban J connectivity index is 1.58. The van der Waals surface area contributed by atoms with Gasteiger partial charge in [-0.2, -0.15) is 0 Å². The average Bonchev–Trinajstić information content (AvgIpc) is 2.92. The summed E-state index contributed by atoms with van der Waals surface area (Å²) in [6.07, 6.45) is 6.60. The maximum absolute atomic E-state index is 13.1. The molecule has 1 heterocycles. The highest BCUT2D eigenvalue weighted by Gasteiger charge is 2.50. The van der Waals surface area contributed by atoms with Gasteiger partial charge in [0.2, 0.25) is 11.8 Å². The molecule has 26 heavy (non-hydrogen) atoms. The minimum atomic E-state index is -1.02. The topological polar surface area (TPSA) is 54.5 Å². The molecule has 0 radical (unpaired) electrons. The molecule has 0 bridgehead atoms. The van der Waals surface area contributed by atoms with Crippen LogP contribution < -0.4 is 4.90 Å². The summed E-state index contributed by atoms with van der Waals surface area (Å²) in [5.41, 5.74) is 1.70. The largest absolute Gasteiger partial charge is 0.274 e. The second-order valence-electron chi connectivity index (χ2n) is 7.73. The predicted molar refractivity (Wildman–Crippen MR) is 103 cm³/mol. The number of allylic oxidation sites excluding steroid dienone is 2. The van der Waals surface area contributed by atoms with Gasteiger partial charge in [-0.15, -0.1) is 0 Å². The Morgan fingerprint density at radius 3 is 2.19 bits per heavy atom. The third-order valence-corrected chi connectivity index (χ3v) is 8.16. The molecule has 1 saturated carbocycles. The van der Waals surface area contributed by atoms with Crippen LogP contribution in [0, 0.1) is 11.8 Å². The van der Waals surface area contributed by atoms with Gasteiger partial charge in [0.05, 0.1) is 28.3 Å². The maximum Gasteiger partial charge on any atom is 0.238 e. The molecule has 0 N–H and O–H groups in total. The molecule has 2 fully saturated rings. The summed E-state index contributed by atoms with van der Waals surface area (Å²) in [5.74, 6) is -0.881. The first kappa shape index (κ1) is 17.7. The van der Waals surface area contributed by atoms with E-state index in [1.807, 2.05) is 25.1 Å². The van der Waals surface area contributed by atoms with E-state index in [2.05, 4.69) is 0 Å². The Hall–Kier alpha value is -1.75. The highest BCUT2D eigenvalue weighted by atomic mass is 32.2. The van der Waals surface area contributed by atoms with Crippen LogP contribution in [0.25, 0.3) is 0 Å². The van der Waals surface area contributed by atoms with E-state index in [1.165, 1.54) is 11.3 Å². The molecule has 2 aliphatic carbocycles. The number of imide groups is 1. The van der Waals surface area contributed by atoms with E-state index in [0.717, 1.165) is 36.2 Å². The number of nitrogens with zero attached hydrogens (tertiary/aromatic N) is 1. The van der Waals surface area contributed by atoms with Crippen molar-refractivity contribution >= 4 is 28.3 Å². The lowest BCUT2D eigenvalue weighted by molar-refractivity contribution is -0.122. The van der Waals surface area contributed by atoms with E-state index in [1.54, 1.807) is 12.1 Å². The number of carbonyl (C=O) groups is 2. The van der Waals surface area contributed by atoms with Crippen LogP contribution in [-0.2, 0) is 20.4 Å². The fourth-order valence-corrected chi connectivity index (χ4v) is 6.56. The number of para-hydroxylation sites is 1. The summed E-state index contributed by atoms with van der Waals surface area (Å²) in [6, 6.07) is 9.15. The smallest absolute Gasteiger partial charge is 0.238 e. The molecule has 1 aromatic carbocycles. The number of rotatable bonds is 3. The van der Waals surface area contributed by atoms with Crippen molar-refractivity contribution in [2.75, 3.05) is 4.90 Å². The number of amides is 2. The Morgan fingerprint density at radius 1 is 0.923 bits per heavy atom. The molecule has 3 aliphatic rings. The normalized spacial score (nSPS) is 28.4. The fourth-order valence-electron chi connectivity index (χ4n) is 4.63. The van der Waals surface area contributed by atoms with Crippen LogP contribution in [0.3, 0.4) is 0 Å². The Labute approximate surface area is 157 Å². The zero-order valence-electron chi connectivity index (χ0n) is 15.1. The van der Waals surface area contributed by atoms with Crippen LogP contribution >= 0.6 is 0 Å². The molecule has 4 nitrogen and oxygen atoms in total. The minimum Gasteiger partial charge on any atom is -0.274 e. The first-order valence-electron chi connectivity index (χ1n) is 9.60. The van der Waals surface area contributed by atoms with Gasteiger partial charge in [-0.3, -0.25) is 18.7 Å². The number of anilines is 1. The average molecular weight is 372 g/mol. The maximum atomic E-state index is 13.1. The molecule has 1 unspecified atom stereocenters. The van der Waals surface area contributed by atoms with Crippen LogP contribution in [0.5, 0.6) is 0 Å². The van der Waals surface area contributed by atoms with Gasteiger partial charge in [0.15, 0.2) is 0 Å². The highest BCUT2D eigenvalue weighted by molar-refractivity contribution is 7.89. The minimum absolute atomic E-state index is 0.104. The highest BCUT2D eigenvalue weighted by Crippen LogP contribution is 2.44. The van der Waals surface area contributed by atoms with Gasteiger partial charge < -0.3 is 0 Å². The van der Waals surface area contributed by atoms with E-state index in [9.17, 15) is 13.8 Å². The first-order chi connectivity index (χ1) is 12.6. The van der Waals surface area contributed by atoms with Gasteiger partial charge in [-0.1, -0.05) is 43.0 Å². The molecule has 0 aromatic heterocycles. The lowest BCUT2D eigenvalue weighted by atomic mass is 9.81. The van der Waals surface area contributed by atoms with Crippen molar-refractivity contribution < 1.29 is 13.8 Å². The molecule has 0 spiro atoms. The van der Waals surface area contributed by atoms with Gasteiger partial charge in [0.25, 0.3) is 0 Å². The molecular formula is C21H25NO3S. The van der Waals surface area contributed by atoms with E-state index in [4.69, 9.17) is 0 Å². The number of carbonyl (C=O) groups excluding carboxylic acids is 2. The SMILES string of the molecule is CC1=C(S(=O)C2CCCCC2)C[C@H]2C(=O)N(c3ccccc3)C(=O)[C@H]2C1. The fraction of sp³-hybridized carbons (Fsp3) is 0.524. The van der Waals surface area contributed by atoms with Crippen molar-refractivity contribution in [2.24, 2.45) is 11.8 Å². The standard InChI is InChI=1S/C21H25NO3S/c1-14-12-17-18(13-19(14)26(25)16-10-6-3-7-11-16)21(24)22(20(17)23)15-8-4-2-5-9-15/h2,4-5,8-9,16-18H,3,6-7,10-13H2,1H3/t17-,18+,26?/m0/s1. The third-order valence-electron chi connectivity index (χ3n) is 6.08. The van der Waals surface area contributed by atoms with Gasteiger partial charge in [0, 0.05) is 10.2 Å². The van der Waals surface area contributed by atoms with Gasteiger partial charge >= 0.3 is 0 Å². The summed E-state index contributed by atoms with van der Waals surface area (Å²) < 4.78 is 13.1. The summed E-state index contributed by atoms with van der Waals surface area (Å²) in [7, 11) is -1.02. The Kier molecular flexibility index (Phi) is 4.82. The second-order valence-corrected chi connectivity index (χ2v) is 9.48. The van der Waals surface area contributed by atoms with Crippen molar-refractivity contribution in [2.45, 2.75) is 57.1 Å². The number of hydrogen-bond donors (Lipinski definition) is 0. The van der Waals surface area contributed by atoms with E-state index in [0.29, 0.717) is 18.5 Å². The second kappa shape index (κ2) is 7.10. The molecule has 1 saturated heterocycles. The van der Waals surface area contributed by atoms with Crippen molar-refractivity contribution in [3.8, 4) is 0 Å². The lowest BCUT2D eigenvalue weighted by Gasteiger charge is -2.29. The third kappa shape index (κ3) is 2.96. The zero-order chi connectivity index (χ0) is 18.3. The molecular weight excluding hydrogens is 346 g/mol. The van der Waals surface area contributed by atoms with E-state index in [-0.39, 0.29) is 28.9 Å². The molecule has 1 aromatic rings. The van der Waals surface area contributed by atoms with Crippen LogP contribution in [0.15, 0.2) is 40.8 Å². The quantitative estimate of drug-likeness (QED) is 0.756. The molecule has 2 amide bonds. The van der Waals surface area contributed by atoms with E-state index < -0.39 is 10.8 Å². The molecule has 138 valence electrons. The molecule has 4 rings (SSSR count). The predicted octanol–water partition coefficient (Wildman–Crippen LogP) is 3.94. The van der Waals surface area contributed by atoms with Crippen LogP contribution in [0.1, 0.15) is 51.9 Å². The van der Waals surface area contributed by atoms with Gasteiger partial charge in [-0.05, 0) is 44.7 Å². The van der Waals surface area contributed by atoms with Crippen LogP contribution in [0.2, 0.25) is 0 Å². The summed E-state index contributed by atoms with van der Waals surface area (Å²) >= 11 is 0. The first-order valence-corrected chi connectivity index (χ1v) is 10.8. The lowest BCUT2D eigenvalue weighted by Crippen LogP contribution is -2.30. The van der Waals surface area contributed by atoms with Gasteiger partial charge in [-0.25, -0.2) is 0 Å². The van der Waals surface area contributed by atoms with Crippen LogP contribution in [-0.4, -0.2) is 21.3 Å². The van der Waals surface area contributed by atoms with Crippen LogP contribution in [0.4, 0.5) is 5.69 Å². The van der Waals surface area contributed by atoms with Crippen molar-refractivity contribution in [1.82, 2.24) is 0 Å². The summed E-state index contributed by atoms with van der Waals surface area (Å²) in [6.45, 7) is 2.00. The number of hydrogen-bond acceptors (Lipinski definition) is 3. The number of benzene rings is 1. The van der Waals surface area contributed by atoms with Crippen molar-refractivity contribution in [3.05, 3.63) is 40.8 Å². The van der Waals surface area contributed by atoms with Crippen molar-refractivity contribution in [1.29, 1.82) is 0 Å². The summed E-state index contributed by atoms with van der Waals surface area (Å²) in [5, 5.41) is 0.225.